The van der Waals surface area contributed by atoms with Crippen molar-refractivity contribution < 1.29 is 0 Å². The molecule has 0 aliphatic rings. The molecule has 57 heavy (non-hydrogen) atoms. The van der Waals surface area contributed by atoms with E-state index in [1.54, 1.807) is 0 Å². The van der Waals surface area contributed by atoms with Crippen LogP contribution in [-0.4, -0.2) is 17.2 Å². The summed E-state index contributed by atoms with van der Waals surface area (Å²) in [7, 11) is -2.72. The van der Waals surface area contributed by atoms with Crippen molar-refractivity contribution in [3.8, 4) is 22.5 Å². The van der Waals surface area contributed by atoms with Gasteiger partial charge in [-0.3, -0.25) is 0 Å². The van der Waals surface area contributed by atoms with Crippen LogP contribution in [0.4, 0.5) is 0 Å². The first-order valence-electron chi connectivity index (χ1n) is 19.7. The molecule has 0 N–H and O–H groups in total. The summed E-state index contributed by atoms with van der Waals surface area (Å²) in [4.78, 5) is 0. The monoisotopic (exact) mass is 742 g/mol. The minimum absolute atomic E-state index is 1.15. The van der Waals surface area contributed by atoms with E-state index in [1.807, 2.05) is 0 Å². The molecule has 2 heterocycles. The van der Waals surface area contributed by atoms with Crippen molar-refractivity contribution in [2.45, 2.75) is 0 Å². The Balaban J connectivity index is 1.15. The third-order valence-corrected chi connectivity index (χ3v) is 16.6. The molecule has 0 saturated carbocycles. The Kier molecular flexibility index (Phi) is 7.87. The Bertz CT molecular complexity index is 3120. The summed E-state index contributed by atoms with van der Waals surface area (Å²) in [6.07, 6.45) is 0. The fraction of sp³-hybridized carbons (Fsp3) is 0. The maximum Gasteiger partial charge on any atom is 0.179 e. The number of fused-ring (bicyclic) bond motifs is 6. The molecule has 0 atom stereocenters. The smallest absolute Gasteiger partial charge is 0.179 e. The fourth-order valence-corrected chi connectivity index (χ4v) is 14.3. The first-order valence-corrected chi connectivity index (χ1v) is 21.7. The molecule has 0 fully saturated rings. The van der Waals surface area contributed by atoms with Gasteiger partial charge in [0, 0.05) is 32.9 Å². The van der Waals surface area contributed by atoms with Crippen LogP contribution >= 0.6 is 0 Å². The van der Waals surface area contributed by atoms with Crippen molar-refractivity contribution in [2.75, 3.05) is 0 Å². The summed E-state index contributed by atoms with van der Waals surface area (Å²) in [6, 6.07) is 85.1. The Labute approximate surface area is 333 Å². The summed E-state index contributed by atoms with van der Waals surface area (Å²) in [5.41, 5.74) is 9.59. The molecule has 11 aromatic rings. The number of hydrogen-bond acceptors (Lipinski definition) is 0. The van der Waals surface area contributed by atoms with Crippen molar-refractivity contribution >= 4 is 72.4 Å². The molecular formula is C54H38N2Si. The molecule has 11 rings (SSSR count). The second-order valence-electron chi connectivity index (χ2n) is 14.9. The largest absolute Gasteiger partial charge is 0.309 e. The molecule has 2 aromatic heterocycles. The normalized spacial score (nSPS) is 11.9. The van der Waals surface area contributed by atoms with E-state index in [-0.39, 0.29) is 0 Å². The van der Waals surface area contributed by atoms with Crippen LogP contribution in [0.15, 0.2) is 231 Å². The highest BCUT2D eigenvalue weighted by Crippen LogP contribution is 2.40. The molecule has 0 bridgehead atoms. The van der Waals surface area contributed by atoms with Crippen molar-refractivity contribution in [1.29, 1.82) is 0 Å². The lowest BCUT2D eigenvalue weighted by Crippen LogP contribution is -2.74. The average molecular weight is 743 g/mol. The van der Waals surface area contributed by atoms with Crippen molar-refractivity contribution in [3.05, 3.63) is 231 Å². The Morgan fingerprint density at radius 1 is 0.281 bits per heavy atom. The van der Waals surface area contributed by atoms with E-state index in [4.69, 9.17) is 0 Å². The highest BCUT2D eigenvalue weighted by molar-refractivity contribution is 7.19. The summed E-state index contributed by atoms with van der Waals surface area (Å²) in [6.45, 7) is 0. The van der Waals surface area contributed by atoms with Crippen LogP contribution in [0.1, 0.15) is 0 Å². The molecule has 0 aliphatic carbocycles. The number of para-hydroxylation sites is 2. The zero-order valence-corrected chi connectivity index (χ0v) is 32.3. The van der Waals surface area contributed by atoms with Gasteiger partial charge in [0.15, 0.2) is 8.07 Å². The van der Waals surface area contributed by atoms with Gasteiger partial charge in [-0.2, -0.15) is 0 Å². The standard InChI is InChI=1S/C54H38N2Si/c1-5-19-39(20-6-1)46-31-18-34-53-54(46)48-30-14-16-33-51(48)56(53)41-35-36-52-49(38-41)47-29-13-15-32-50(47)55(52)40-21-17-28-45(37-40)57(42-22-7-2-8-23-42,43-24-9-3-10-25-43)44-26-11-4-12-27-44/h1-38H. The Hall–Kier alpha value is -7.20. The van der Waals surface area contributed by atoms with Crippen molar-refractivity contribution in [3.63, 3.8) is 0 Å². The van der Waals surface area contributed by atoms with Crippen LogP contribution in [-0.2, 0) is 0 Å². The van der Waals surface area contributed by atoms with Gasteiger partial charge in [0.1, 0.15) is 0 Å². The van der Waals surface area contributed by atoms with E-state index in [0.29, 0.717) is 0 Å². The lowest BCUT2D eigenvalue weighted by Gasteiger charge is -2.34. The van der Waals surface area contributed by atoms with Gasteiger partial charge in [0.05, 0.1) is 22.1 Å². The number of hydrogen-bond donors (Lipinski definition) is 0. The summed E-state index contributed by atoms with van der Waals surface area (Å²) >= 11 is 0. The van der Waals surface area contributed by atoms with Crippen LogP contribution in [0.25, 0.3) is 66.1 Å². The number of aromatic nitrogens is 2. The van der Waals surface area contributed by atoms with Crippen LogP contribution in [0.3, 0.4) is 0 Å². The predicted octanol–water partition coefficient (Wildman–Crippen LogP) is 10.9. The van der Waals surface area contributed by atoms with Gasteiger partial charge >= 0.3 is 0 Å². The summed E-state index contributed by atoms with van der Waals surface area (Å²) in [5.74, 6) is 0. The van der Waals surface area contributed by atoms with Gasteiger partial charge in [0.25, 0.3) is 0 Å². The number of rotatable bonds is 7. The van der Waals surface area contributed by atoms with E-state index < -0.39 is 8.07 Å². The average Bonchev–Trinajstić information content (AvgIpc) is 3.81. The first-order chi connectivity index (χ1) is 28.3. The zero-order valence-electron chi connectivity index (χ0n) is 31.3. The molecule has 268 valence electrons. The Morgan fingerprint density at radius 3 is 1.39 bits per heavy atom. The van der Waals surface area contributed by atoms with Gasteiger partial charge in [-0.1, -0.05) is 182 Å². The summed E-state index contributed by atoms with van der Waals surface area (Å²) in [5, 5.41) is 10.5. The minimum Gasteiger partial charge on any atom is -0.309 e. The van der Waals surface area contributed by atoms with Crippen LogP contribution in [0, 0.1) is 0 Å². The number of benzene rings is 9. The third kappa shape index (κ3) is 5.17. The van der Waals surface area contributed by atoms with Gasteiger partial charge < -0.3 is 9.13 Å². The molecule has 3 heteroatoms. The van der Waals surface area contributed by atoms with Gasteiger partial charge in [0.2, 0.25) is 0 Å². The topological polar surface area (TPSA) is 9.86 Å². The highest BCUT2D eigenvalue weighted by atomic mass is 28.3. The van der Waals surface area contributed by atoms with Gasteiger partial charge in [-0.15, -0.1) is 0 Å². The maximum atomic E-state index is 2.47. The number of nitrogens with zero attached hydrogens (tertiary/aromatic N) is 2. The fourth-order valence-electron chi connectivity index (χ4n) is 9.48. The predicted molar refractivity (Wildman–Crippen MR) is 244 cm³/mol. The molecule has 2 nitrogen and oxygen atoms in total. The second kappa shape index (κ2) is 13.5. The quantitative estimate of drug-likeness (QED) is 0.114. The van der Waals surface area contributed by atoms with Gasteiger partial charge in [-0.25, -0.2) is 0 Å². The van der Waals surface area contributed by atoms with E-state index in [1.165, 1.54) is 75.5 Å². The lowest BCUT2D eigenvalue weighted by atomic mass is 9.99. The molecule has 0 radical (unpaired) electrons. The van der Waals surface area contributed by atoms with E-state index in [0.717, 1.165) is 11.4 Å². The SMILES string of the molecule is c1ccc(-c2cccc3c2c2ccccc2n3-c2ccc3c(c2)c2ccccc2n3-c2cccc([Si](c3ccccc3)(c3ccccc3)c3ccccc3)c2)cc1. The van der Waals surface area contributed by atoms with Crippen molar-refractivity contribution in [1.82, 2.24) is 9.13 Å². The molecule has 0 unspecified atom stereocenters. The van der Waals surface area contributed by atoms with Crippen LogP contribution < -0.4 is 20.7 Å². The first kappa shape index (κ1) is 33.2. The van der Waals surface area contributed by atoms with Crippen LogP contribution in [0.5, 0.6) is 0 Å². The summed E-state index contributed by atoms with van der Waals surface area (Å²) < 4.78 is 4.92. The Morgan fingerprint density at radius 2 is 0.737 bits per heavy atom. The van der Waals surface area contributed by atoms with Crippen molar-refractivity contribution in [2.24, 2.45) is 0 Å². The van der Waals surface area contributed by atoms with E-state index in [9.17, 15) is 0 Å². The lowest BCUT2D eigenvalue weighted by molar-refractivity contribution is 1.17. The maximum absolute atomic E-state index is 2.72. The van der Waals surface area contributed by atoms with E-state index in [2.05, 4.69) is 240 Å². The molecule has 0 spiro atoms. The molecule has 0 aliphatic heterocycles. The third-order valence-electron chi connectivity index (χ3n) is 11.9. The second-order valence-corrected chi connectivity index (χ2v) is 18.7. The zero-order chi connectivity index (χ0) is 37.8. The minimum atomic E-state index is -2.72. The van der Waals surface area contributed by atoms with E-state index >= 15 is 0 Å². The molecule has 0 saturated heterocycles. The molecular weight excluding hydrogens is 705 g/mol. The molecule has 0 amide bonds. The van der Waals surface area contributed by atoms with Gasteiger partial charge in [-0.05, 0) is 80.4 Å². The molecule has 9 aromatic carbocycles. The van der Waals surface area contributed by atoms with Crippen LogP contribution in [0.2, 0.25) is 0 Å². The highest BCUT2D eigenvalue weighted by Gasteiger charge is 2.41.